The van der Waals surface area contributed by atoms with Gasteiger partial charge in [-0.3, -0.25) is 4.79 Å². The Labute approximate surface area is 78.6 Å². The molecule has 0 amide bonds. The standard InChI is InChI=1S/C8H7N3OS/c12-8-1-3-11(4-2-8)5-7-6-13-10-9-7/h1-4,6H,5H2. The van der Waals surface area contributed by atoms with Crippen molar-refractivity contribution in [3.05, 3.63) is 45.8 Å². The van der Waals surface area contributed by atoms with Crippen LogP contribution < -0.4 is 5.43 Å². The smallest absolute Gasteiger partial charge is 0.181 e. The molecule has 13 heavy (non-hydrogen) atoms. The number of rotatable bonds is 2. The Morgan fingerprint density at radius 2 is 2.15 bits per heavy atom. The van der Waals surface area contributed by atoms with Crippen molar-refractivity contribution in [2.45, 2.75) is 6.54 Å². The van der Waals surface area contributed by atoms with E-state index < -0.39 is 0 Å². The molecule has 0 spiro atoms. The molecule has 2 heterocycles. The molecule has 0 saturated heterocycles. The van der Waals surface area contributed by atoms with E-state index in [0.29, 0.717) is 6.54 Å². The van der Waals surface area contributed by atoms with Crippen molar-refractivity contribution in [1.29, 1.82) is 0 Å². The van der Waals surface area contributed by atoms with Crippen molar-refractivity contribution in [3.63, 3.8) is 0 Å². The first-order valence-electron chi connectivity index (χ1n) is 3.76. The summed E-state index contributed by atoms with van der Waals surface area (Å²) in [6.07, 6.45) is 3.48. The number of aromatic nitrogens is 3. The molecular formula is C8H7N3OS. The third-order valence-corrected chi connectivity index (χ3v) is 2.16. The van der Waals surface area contributed by atoms with Crippen molar-refractivity contribution in [1.82, 2.24) is 14.2 Å². The maximum Gasteiger partial charge on any atom is 0.181 e. The van der Waals surface area contributed by atoms with Gasteiger partial charge in [0, 0.05) is 29.9 Å². The van der Waals surface area contributed by atoms with E-state index in [0.717, 1.165) is 5.69 Å². The summed E-state index contributed by atoms with van der Waals surface area (Å²) in [5.41, 5.74) is 0.932. The van der Waals surface area contributed by atoms with Gasteiger partial charge < -0.3 is 4.57 Å². The van der Waals surface area contributed by atoms with Gasteiger partial charge in [0.05, 0.1) is 12.2 Å². The highest BCUT2D eigenvalue weighted by atomic mass is 32.1. The Morgan fingerprint density at radius 1 is 1.38 bits per heavy atom. The zero-order valence-corrected chi connectivity index (χ0v) is 7.57. The van der Waals surface area contributed by atoms with Gasteiger partial charge in [-0.2, -0.15) is 0 Å². The minimum Gasteiger partial charge on any atom is -0.348 e. The monoisotopic (exact) mass is 193 g/mol. The van der Waals surface area contributed by atoms with Crippen LogP contribution in [0.15, 0.2) is 34.7 Å². The maximum absolute atomic E-state index is 10.8. The van der Waals surface area contributed by atoms with Crippen LogP contribution in [-0.2, 0) is 6.54 Å². The van der Waals surface area contributed by atoms with E-state index in [1.807, 2.05) is 9.95 Å². The fraction of sp³-hybridized carbons (Fsp3) is 0.125. The van der Waals surface area contributed by atoms with Gasteiger partial charge in [0.1, 0.15) is 0 Å². The molecule has 0 aliphatic heterocycles. The normalized spacial score (nSPS) is 10.2. The van der Waals surface area contributed by atoms with Crippen molar-refractivity contribution >= 4 is 11.5 Å². The fourth-order valence-electron chi connectivity index (χ4n) is 0.989. The van der Waals surface area contributed by atoms with Crippen molar-refractivity contribution in [3.8, 4) is 0 Å². The number of hydrogen-bond acceptors (Lipinski definition) is 4. The van der Waals surface area contributed by atoms with Crippen LogP contribution in [0, 0.1) is 0 Å². The Kier molecular flexibility index (Phi) is 2.18. The first kappa shape index (κ1) is 8.12. The lowest BCUT2D eigenvalue weighted by atomic mass is 10.4. The molecule has 5 heteroatoms. The van der Waals surface area contributed by atoms with Crippen molar-refractivity contribution in [2.24, 2.45) is 0 Å². The molecule has 0 atom stereocenters. The van der Waals surface area contributed by atoms with Gasteiger partial charge in [-0.15, -0.1) is 5.10 Å². The van der Waals surface area contributed by atoms with E-state index in [1.165, 1.54) is 23.7 Å². The summed E-state index contributed by atoms with van der Waals surface area (Å²) in [4.78, 5) is 10.8. The van der Waals surface area contributed by atoms with Crippen LogP contribution >= 0.6 is 11.5 Å². The summed E-state index contributed by atoms with van der Waals surface area (Å²) in [5, 5.41) is 5.79. The van der Waals surface area contributed by atoms with Crippen LogP contribution in [0.25, 0.3) is 0 Å². The molecule has 0 fully saturated rings. The molecule has 2 aromatic rings. The average Bonchev–Trinajstić information content (AvgIpc) is 2.62. The van der Waals surface area contributed by atoms with Crippen LogP contribution in [0.4, 0.5) is 0 Å². The van der Waals surface area contributed by atoms with Crippen LogP contribution in [0.3, 0.4) is 0 Å². The van der Waals surface area contributed by atoms with Gasteiger partial charge in [0.25, 0.3) is 0 Å². The van der Waals surface area contributed by atoms with E-state index in [9.17, 15) is 4.79 Å². The summed E-state index contributed by atoms with van der Waals surface area (Å²) < 4.78 is 5.64. The second-order valence-corrected chi connectivity index (χ2v) is 3.21. The molecule has 0 bridgehead atoms. The summed E-state index contributed by atoms with van der Waals surface area (Å²) in [6, 6.07) is 3.06. The minimum absolute atomic E-state index is 0.0210. The van der Waals surface area contributed by atoms with E-state index >= 15 is 0 Å². The number of nitrogens with zero attached hydrogens (tertiary/aromatic N) is 3. The molecular weight excluding hydrogens is 186 g/mol. The first-order valence-corrected chi connectivity index (χ1v) is 4.60. The largest absolute Gasteiger partial charge is 0.348 e. The van der Waals surface area contributed by atoms with E-state index in [2.05, 4.69) is 9.59 Å². The highest BCUT2D eigenvalue weighted by molar-refractivity contribution is 7.03. The maximum atomic E-state index is 10.8. The van der Waals surface area contributed by atoms with Gasteiger partial charge in [0.15, 0.2) is 5.43 Å². The van der Waals surface area contributed by atoms with E-state index in [-0.39, 0.29) is 5.43 Å². The summed E-state index contributed by atoms with van der Waals surface area (Å²) in [5.74, 6) is 0. The molecule has 0 aliphatic carbocycles. The zero-order valence-electron chi connectivity index (χ0n) is 6.75. The van der Waals surface area contributed by atoms with Crippen LogP contribution in [0.5, 0.6) is 0 Å². The van der Waals surface area contributed by atoms with Crippen LogP contribution in [0.2, 0.25) is 0 Å². The Balaban J connectivity index is 2.19. The van der Waals surface area contributed by atoms with Crippen molar-refractivity contribution in [2.75, 3.05) is 0 Å². The first-order chi connectivity index (χ1) is 6.34. The summed E-state index contributed by atoms with van der Waals surface area (Å²) in [6.45, 7) is 0.663. The van der Waals surface area contributed by atoms with Gasteiger partial charge in [-0.25, -0.2) is 0 Å². The third-order valence-electron chi connectivity index (χ3n) is 1.61. The summed E-state index contributed by atoms with van der Waals surface area (Å²) in [7, 11) is 0. The Bertz CT molecular complexity index is 414. The number of hydrogen-bond donors (Lipinski definition) is 0. The molecule has 0 aliphatic rings. The molecule has 0 radical (unpaired) electrons. The molecule has 0 saturated carbocycles. The van der Waals surface area contributed by atoms with E-state index in [1.54, 1.807) is 12.4 Å². The predicted octanol–water partition coefficient (Wildman–Crippen LogP) is 0.748. The Hall–Kier alpha value is -1.49. The fourth-order valence-corrected chi connectivity index (χ4v) is 1.43. The van der Waals surface area contributed by atoms with Gasteiger partial charge in [-0.05, 0) is 11.5 Å². The van der Waals surface area contributed by atoms with Crippen LogP contribution in [-0.4, -0.2) is 14.2 Å². The Morgan fingerprint density at radius 3 is 2.77 bits per heavy atom. The molecule has 66 valence electrons. The SMILES string of the molecule is O=c1ccn(Cc2csnn2)cc1. The third kappa shape index (κ3) is 2.00. The zero-order chi connectivity index (χ0) is 9.10. The molecule has 0 aromatic carbocycles. The second-order valence-electron chi connectivity index (χ2n) is 2.60. The molecule has 2 aromatic heterocycles. The lowest BCUT2D eigenvalue weighted by Gasteiger charge is -2.00. The van der Waals surface area contributed by atoms with Gasteiger partial charge in [0.2, 0.25) is 0 Å². The quantitative estimate of drug-likeness (QED) is 0.707. The average molecular weight is 193 g/mol. The predicted molar refractivity (Wildman–Crippen MR) is 49.7 cm³/mol. The molecule has 4 nitrogen and oxygen atoms in total. The number of pyridine rings is 1. The van der Waals surface area contributed by atoms with Crippen molar-refractivity contribution < 1.29 is 0 Å². The lowest BCUT2D eigenvalue weighted by Crippen LogP contribution is -2.04. The van der Waals surface area contributed by atoms with Crippen LogP contribution in [0.1, 0.15) is 5.69 Å². The van der Waals surface area contributed by atoms with E-state index in [4.69, 9.17) is 0 Å². The topological polar surface area (TPSA) is 47.8 Å². The molecule has 0 unspecified atom stereocenters. The van der Waals surface area contributed by atoms with Gasteiger partial charge in [-0.1, -0.05) is 4.49 Å². The molecule has 2 rings (SSSR count). The van der Waals surface area contributed by atoms with Gasteiger partial charge >= 0.3 is 0 Å². The lowest BCUT2D eigenvalue weighted by molar-refractivity contribution is 0.761. The molecule has 0 N–H and O–H groups in total. The highest BCUT2D eigenvalue weighted by Gasteiger charge is 1.95. The second kappa shape index (κ2) is 3.49. The summed E-state index contributed by atoms with van der Waals surface area (Å²) >= 11 is 1.33. The minimum atomic E-state index is 0.0210. The highest BCUT2D eigenvalue weighted by Crippen LogP contribution is 1.99.